The lowest BCUT2D eigenvalue weighted by atomic mass is 9.94. The van der Waals surface area contributed by atoms with E-state index >= 15 is 0 Å². The third-order valence-electron chi connectivity index (χ3n) is 6.10. The summed E-state index contributed by atoms with van der Waals surface area (Å²) in [5.41, 5.74) is 4.06. The van der Waals surface area contributed by atoms with Crippen molar-refractivity contribution < 1.29 is 19.0 Å². The van der Waals surface area contributed by atoms with Gasteiger partial charge in [-0.15, -0.1) is 11.3 Å². The van der Waals surface area contributed by atoms with E-state index < -0.39 is 0 Å². The van der Waals surface area contributed by atoms with Crippen LogP contribution in [0.25, 0.3) is 0 Å². The Balaban J connectivity index is 1.74. The highest BCUT2D eigenvalue weighted by Gasteiger charge is 2.30. The molecule has 0 unspecified atom stereocenters. The fourth-order valence-corrected chi connectivity index (χ4v) is 5.28. The van der Waals surface area contributed by atoms with E-state index in [4.69, 9.17) is 14.2 Å². The second kappa shape index (κ2) is 10.4. The van der Waals surface area contributed by atoms with Crippen molar-refractivity contribution in [2.24, 2.45) is 0 Å². The van der Waals surface area contributed by atoms with E-state index in [0.717, 1.165) is 40.7 Å². The maximum absolute atomic E-state index is 13.1. The van der Waals surface area contributed by atoms with Gasteiger partial charge in [0.05, 0.1) is 33.5 Å². The van der Waals surface area contributed by atoms with E-state index in [1.165, 1.54) is 10.4 Å². The van der Waals surface area contributed by atoms with Crippen LogP contribution in [0.1, 0.15) is 38.0 Å². The molecule has 1 fully saturated rings. The van der Waals surface area contributed by atoms with Crippen molar-refractivity contribution in [1.82, 2.24) is 4.90 Å². The summed E-state index contributed by atoms with van der Waals surface area (Å²) in [5, 5.41) is 4.07. The van der Waals surface area contributed by atoms with E-state index in [9.17, 15) is 4.79 Å². The highest BCUT2D eigenvalue weighted by atomic mass is 32.1. The summed E-state index contributed by atoms with van der Waals surface area (Å²) >= 11 is 1.62. The summed E-state index contributed by atoms with van der Waals surface area (Å²) < 4.78 is 16.4. The minimum atomic E-state index is -0.133. The van der Waals surface area contributed by atoms with Gasteiger partial charge < -0.3 is 19.5 Å². The zero-order chi connectivity index (χ0) is 23.4. The Hall–Kier alpha value is -2.87. The molecule has 174 valence electrons. The number of hydrogen-bond acceptors (Lipinski definition) is 6. The molecule has 6 nitrogen and oxygen atoms in total. The normalized spacial score (nSPS) is 15.2. The number of thiophene rings is 1. The molecule has 4 rings (SSSR count). The van der Waals surface area contributed by atoms with Crippen LogP contribution in [0.4, 0.5) is 5.00 Å². The standard InChI is InChI=1S/C26H30N2O4S/c1-17-18(2)33-26(27-25(29)19-8-10-21(30-3)11-9-19)23(17)24(28-12-14-32-15-13-28)20-6-5-7-22(16-20)31-4/h5-11,16,24H,12-15H2,1-4H3,(H,27,29)/t24-/m0/s1. The molecule has 1 atom stereocenters. The Morgan fingerprint density at radius 2 is 1.73 bits per heavy atom. The fourth-order valence-electron chi connectivity index (χ4n) is 4.19. The molecule has 1 saturated heterocycles. The van der Waals surface area contributed by atoms with Gasteiger partial charge in [0.15, 0.2) is 0 Å². The predicted molar refractivity (Wildman–Crippen MR) is 132 cm³/mol. The van der Waals surface area contributed by atoms with Crippen LogP contribution >= 0.6 is 11.3 Å². The topological polar surface area (TPSA) is 60.0 Å². The fraction of sp³-hybridized carbons (Fsp3) is 0.346. The number of ether oxygens (including phenoxy) is 3. The van der Waals surface area contributed by atoms with Crippen molar-refractivity contribution in [3.8, 4) is 11.5 Å². The average molecular weight is 467 g/mol. The Bertz CT molecular complexity index is 1100. The molecular weight excluding hydrogens is 436 g/mol. The number of amides is 1. The van der Waals surface area contributed by atoms with E-state index in [0.29, 0.717) is 18.8 Å². The smallest absolute Gasteiger partial charge is 0.256 e. The molecule has 2 heterocycles. The molecule has 0 saturated carbocycles. The Morgan fingerprint density at radius 3 is 2.39 bits per heavy atom. The first-order chi connectivity index (χ1) is 16.0. The number of hydrogen-bond donors (Lipinski definition) is 1. The van der Waals surface area contributed by atoms with Crippen LogP contribution in [-0.4, -0.2) is 51.3 Å². The molecule has 33 heavy (non-hydrogen) atoms. The molecule has 0 bridgehead atoms. The van der Waals surface area contributed by atoms with Gasteiger partial charge in [-0.2, -0.15) is 0 Å². The first-order valence-corrected chi connectivity index (χ1v) is 11.8. The summed E-state index contributed by atoms with van der Waals surface area (Å²) in [5.74, 6) is 1.41. The minimum Gasteiger partial charge on any atom is -0.497 e. The molecule has 1 aromatic heterocycles. The van der Waals surface area contributed by atoms with Crippen LogP contribution in [0.15, 0.2) is 48.5 Å². The molecule has 1 N–H and O–H groups in total. The first-order valence-electron chi connectivity index (χ1n) is 11.0. The van der Waals surface area contributed by atoms with Gasteiger partial charge in [-0.1, -0.05) is 12.1 Å². The summed E-state index contributed by atoms with van der Waals surface area (Å²) in [7, 11) is 3.30. The highest BCUT2D eigenvalue weighted by Crippen LogP contribution is 2.43. The lowest BCUT2D eigenvalue weighted by molar-refractivity contribution is 0.0240. The number of rotatable bonds is 7. The van der Waals surface area contributed by atoms with Gasteiger partial charge in [0.2, 0.25) is 0 Å². The van der Waals surface area contributed by atoms with Crippen molar-refractivity contribution in [1.29, 1.82) is 0 Å². The largest absolute Gasteiger partial charge is 0.497 e. The second-order valence-electron chi connectivity index (χ2n) is 8.04. The van der Waals surface area contributed by atoms with Crippen LogP contribution in [0.2, 0.25) is 0 Å². The van der Waals surface area contributed by atoms with Gasteiger partial charge in [0.1, 0.15) is 16.5 Å². The highest BCUT2D eigenvalue weighted by molar-refractivity contribution is 7.16. The van der Waals surface area contributed by atoms with Crippen LogP contribution < -0.4 is 14.8 Å². The van der Waals surface area contributed by atoms with Crippen molar-refractivity contribution in [2.75, 3.05) is 45.8 Å². The van der Waals surface area contributed by atoms with Crippen molar-refractivity contribution in [2.45, 2.75) is 19.9 Å². The van der Waals surface area contributed by atoms with Crippen molar-refractivity contribution in [3.63, 3.8) is 0 Å². The van der Waals surface area contributed by atoms with Crippen molar-refractivity contribution in [3.05, 3.63) is 75.7 Å². The Labute approximate surface area is 199 Å². The van der Waals surface area contributed by atoms with Gasteiger partial charge in [-0.05, 0) is 61.4 Å². The van der Waals surface area contributed by atoms with Gasteiger partial charge in [0.25, 0.3) is 5.91 Å². The second-order valence-corrected chi connectivity index (χ2v) is 9.26. The zero-order valence-electron chi connectivity index (χ0n) is 19.5. The van der Waals surface area contributed by atoms with E-state index in [1.54, 1.807) is 49.8 Å². The zero-order valence-corrected chi connectivity index (χ0v) is 20.3. The lowest BCUT2D eigenvalue weighted by Crippen LogP contribution is -2.40. The third kappa shape index (κ3) is 5.05. The molecule has 1 amide bonds. The molecule has 2 aromatic carbocycles. The summed E-state index contributed by atoms with van der Waals surface area (Å²) in [4.78, 5) is 16.7. The van der Waals surface area contributed by atoms with Crippen LogP contribution in [0.3, 0.4) is 0 Å². The van der Waals surface area contributed by atoms with Crippen LogP contribution in [0.5, 0.6) is 11.5 Å². The summed E-state index contributed by atoms with van der Waals surface area (Å²) in [6.07, 6.45) is 0. The number of morpholine rings is 1. The maximum Gasteiger partial charge on any atom is 0.256 e. The van der Waals surface area contributed by atoms with E-state index in [2.05, 4.69) is 36.2 Å². The number of nitrogens with zero attached hydrogens (tertiary/aromatic N) is 1. The number of anilines is 1. The molecular formula is C26H30N2O4S. The summed E-state index contributed by atoms with van der Waals surface area (Å²) in [6.45, 7) is 7.27. The molecule has 3 aromatic rings. The quantitative estimate of drug-likeness (QED) is 0.528. The number of aryl methyl sites for hydroxylation is 1. The average Bonchev–Trinajstić information content (AvgIpc) is 3.13. The molecule has 0 radical (unpaired) electrons. The number of benzene rings is 2. The SMILES string of the molecule is COc1ccc(C(=O)Nc2sc(C)c(C)c2[C@H](c2cccc(OC)c2)N2CCOCC2)cc1. The lowest BCUT2D eigenvalue weighted by Gasteiger charge is -2.35. The van der Waals surface area contributed by atoms with Gasteiger partial charge in [0, 0.05) is 29.1 Å². The first kappa shape index (κ1) is 23.3. The summed E-state index contributed by atoms with van der Waals surface area (Å²) in [6, 6.07) is 15.3. The van der Waals surface area contributed by atoms with Crippen molar-refractivity contribution >= 4 is 22.2 Å². The molecule has 1 aliphatic rings. The molecule has 0 aliphatic carbocycles. The van der Waals surface area contributed by atoms with Crippen LogP contribution in [0, 0.1) is 13.8 Å². The Morgan fingerprint density at radius 1 is 1.03 bits per heavy atom. The monoisotopic (exact) mass is 466 g/mol. The van der Waals surface area contributed by atoms with Gasteiger partial charge in [-0.25, -0.2) is 0 Å². The van der Waals surface area contributed by atoms with E-state index in [1.807, 2.05) is 12.1 Å². The number of carbonyl (C=O) groups excluding carboxylic acids is 1. The number of carbonyl (C=O) groups is 1. The third-order valence-corrected chi connectivity index (χ3v) is 7.24. The molecule has 1 aliphatic heterocycles. The van der Waals surface area contributed by atoms with Crippen LogP contribution in [-0.2, 0) is 4.74 Å². The number of nitrogens with one attached hydrogen (secondary N) is 1. The number of methoxy groups -OCH3 is 2. The van der Waals surface area contributed by atoms with Gasteiger partial charge in [-0.3, -0.25) is 9.69 Å². The van der Waals surface area contributed by atoms with E-state index in [-0.39, 0.29) is 11.9 Å². The maximum atomic E-state index is 13.1. The van der Waals surface area contributed by atoms with Gasteiger partial charge >= 0.3 is 0 Å². The predicted octanol–water partition coefficient (Wildman–Crippen LogP) is 5.06. The molecule has 7 heteroatoms. The minimum absolute atomic E-state index is 0.0138. The Kier molecular flexibility index (Phi) is 7.33. The molecule has 0 spiro atoms.